The van der Waals surface area contributed by atoms with E-state index in [1.165, 1.54) is 42.2 Å². The minimum Gasteiger partial charge on any atom is -0.353 e. The molecule has 1 N–H and O–H groups in total. The van der Waals surface area contributed by atoms with Crippen LogP contribution in [-0.2, 0) is 29.4 Å². The molecule has 0 saturated carbocycles. The minimum absolute atomic E-state index is 0.0340. The van der Waals surface area contributed by atoms with E-state index < -0.39 is 49.6 Å². The first-order valence-corrected chi connectivity index (χ1v) is 19.4. The van der Waals surface area contributed by atoms with Crippen molar-refractivity contribution in [3.8, 4) is 11.1 Å². The Hall–Kier alpha value is -3.88. The van der Waals surface area contributed by atoms with E-state index in [0.717, 1.165) is 16.6 Å². The van der Waals surface area contributed by atoms with E-state index in [-0.39, 0.29) is 35.0 Å². The summed E-state index contributed by atoms with van der Waals surface area (Å²) in [6, 6.07) is 17.2. The van der Waals surface area contributed by atoms with Gasteiger partial charge >= 0.3 is 0 Å². The lowest BCUT2D eigenvalue weighted by Crippen LogP contribution is -2.60. The molecule has 0 bridgehead atoms. The second-order valence-electron chi connectivity index (χ2n) is 12.3. The van der Waals surface area contributed by atoms with Crippen molar-refractivity contribution in [3.63, 3.8) is 0 Å². The predicted octanol–water partition coefficient (Wildman–Crippen LogP) is 4.96. The van der Waals surface area contributed by atoms with Crippen molar-refractivity contribution in [2.45, 2.75) is 41.6 Å². The molecule has 0 aromatic heterocycles. The fourth-order valence-corrected chi connectivity index (χ4v) is 8.94. The zero-order valence-electron chi connectivity index (χ0n) is 27.6. The second kappa shape index (κ2) is 14.5. The van der Waals surface area contributed by atoms with Crippen LogP contribution in [0.15, 0.2) is 88.7 Å². The van der Waals surface area contributed by atoms with E-state index in [0.29, 0.717) is 39.9 Å². The van der Waals surface area contributed by atoms with Crippen LogP contribution in [0.3, 0.4) is 0 Å². The van der Waals surface area contributed by atoms with Crippen LogP contribution in [0.2, 0.25) is 5.02 Å². The van der Waals surface area contributed by atoms with Gasteiger partial charge in [-0.05, 0) is 92.7 Å². The van der Waals surface area contributed by atoms with E-state index in [1.807, 2.05) is 19.0 Å². The molecule has 1 saturated heterocycles. The number of amides is 2. The molecule has 0 spiro atoms. The molecule has 1 aliphatic heterocycles. The Bertz CT molecular complexity index is 2130. The van der Waals surface area contributed by atoms with Gasteiger partial charge < -0.3 is 15.1 Å². The van der Waals surface area contributed by atoms with E-state index in [1.54, 1.807) is 42.5 Å². The average Bonchev–Trinajstić information content (AvgIpc) is 3.04. The Labute approximate surface area is 291 Å². The summed E-state index contributed by atoms with van der Waals surface area (Å²) in [5.74, 6) is -2.05. The lowest BCUT2D eigenvalue weighted by Gasteiger charge is -2.40. The second-order valence-corrected chi connectivity index (χ2v) is 16.6. The van der Waals surface area contributed by atoms with Crippen LogP contribution in [0.4, 0.5) is 10.1 Å². The van der Waals surface area contributed by atoms with Crippen LogP contribution in [0.25, 0.3) is 21.9 Å². The number of nitrogens with zero attached hydrogens (tertiary/aromatic N) is 3. The Balaban J connectivity index is 1.53. The van der Waals surface area contributed by atoms with Crippen molar-refractivity contribution in [1.29, 1.82) is 0 Å². The van der Waals surface area contributed by atoms with E-state index in [4.69, 9.17) is 11.6 Å². The largest absolute Gasteiger partial charge is 0.353 e. The van der Waals surface area contributed by atoms with Crippen LogP contribution in [-0.4, -0.2) is 89.9 Å². The van der Waals surface area contributed by atoms with Crippen molar-refractivity contribution in [1.82, 2.24) is 14.5 Å². The molecule has 1 aliphatic rings. The lowest BCUT2D eigenvalue weighted by molar-refractivity contribution is -0.128. The molecular formula is C35H38ClFN4O6S2. The van der Waals surface area contributed by atoms with Crippen LogP contribution in [0, 0.1) is 5.82 Å². The number of sulfone groups is 1. The molecule has 2 unspecified atom stereocenters. The summed E-state index contributed by atoms with van der Waals surface area (Å²) < 4.78 is 70.5. The Morgan fingerprint density at radius 2 is 1.69 bits per heavy atom. The molecule has 0 aliphatic carbocycles. The third kappa shape index (κ3) is 7.81. The molecule has 4 aromatic carbocycles. The highest BCUT2D eigenvalue weighted by Gasteiger charge is 2.45. The fourth-order valence-electron chi connectivity index (χ4n) is 6.04. The van der Waals surface area contributed by atoms with Crippen molar-refractivity contribution in [2.75, 3.05) is 44.9 Å². The summed E-state index contributed by atoms with van der Waals surface area (Å²) in [7, 11) is -4.41. The van der Waals surface area contributed by atoms with E-state index >= 15 is 4.39 Å². The van der Waals surface area contributed by atoms with Gasteiger partial charge in [0.1, 0.15) is 17.9 Å². The summed E-state index contributed by atoms with van der Waals surface area (Å²) in [4.78, 5) is 30.7. The standard InChI is InChI=1S/C35H38ClFN4O6S2/c1-23(34(42)38-17-19-39(2)3)41(49(46,47)28-15-12-24-20-27(36)14-11-25(24)21-28)32-9-7-18-40(35(32)43)31-16-13-26(22-30(31)37)29-8-5-6-10-33(29)48(4,44)45/h5-6,8,10-16,20-23,32H,7,9,17-19H2,1-4H3,(H,38,42). The van der Waals surface area contributed by atoms with Crippen molar-refractivity contribution >= 4 is 59.7 Å². The topological polar surface area (TPSA) is 124 Å². The predicted molar refractivity (Wildman–Crippen MR) is 189 cm³/mol. The fraction of sp³-hybridized carbons (Fsp3) is 0.314. The number of fused-ring (bicyclic) bond motifs is 1. The molecule has 2 atom stereocenters. The highest BCUT2D eigenvalue weighted by Crippen LogP contribution is 2.35. The zero-order chi connectivity index (χ0) is 35.7. The van der Waals surface area contributed by atoms with Crippen molar-refractivity contribution in [3.05, 3.63) is 89.7 Å². The normalized spacial score (nSPS) is 16.4. The number of hydrogen-bond acceptors (Lipinski definition) is 7. The third-order valence-corrected chi connectivity index (χ3v) is 11.9. The number of carbonyl (C=O) groups is 2. The van der Waals surface area contributed by atoms with Gasteiger partial charge in [-0.25, -0.2) is 21.2 Å². The van der Waals surface area contributed by atoms with Gasteiger partial charge in [0.2, 0.25) is 21.8 Å². The van der Waals surface area contributed by atoms with Gasteiger partial charge in [-0.15, -0.1) is 0 Å². The molecule has 260 valence electrons. The van der Waals surface area contributed by atoms with E-state index in [9.17, 15) is 26.4 Å². The van der Waals surface area contributed by atoms with Crippen LogP contribution in [0.5, 0.6) is 0 Å². The number of nitrogens with one attached hydrogen (secondary N) is 1. The van der Waals surface area contributed by atoms with Gasteiger partial charge in [-0.1, -0.05) is 48.0 Å². The van der Waals surface area contributed by atoms with Crippen LogP contribution >= 0.6 is 11.6 Å². The smallest absolute Gasteiger partial charge is 0.245 e. The summed E-state index contributed by atoms with van der Waals surface area (Å²) in [6.45, 7) is 2.31. The monoisotopic (exact) mass is 728 g/mol. The molecule has 10 nitrogen and oxygen atoms in total. The van der Waals surface area contributed by atoms with Gasteiger partial charge in [0.05, 0.1) is 15.5 Å². The quantitative estimate of drug-likeness (QED) is 0.232. The number of halogens is 2. The SMILES string of the molecule is CC(C(=O)NCCN(C)C)N(C1CCCN(c2ccc(-c3ccccc3S(C)(=O)=O)cc2F)C1=O)S(=O)(=O)c1ccc2cc(Cl)ccc2c1. The maximum Gasteiger partial charge on any atom is 0.245 e. The highest BCUT2D eigenvalue weighted by atomic mass is 35.5. The highest BCUT2D eigenvalue weighted by molar-refractivity contribution is 7.90. The molecule has 4 aromatic rings. The number of anilines is 1. The summed E-state index contributed by atoms with van der Waals surface area (Å²) in [6.07, 6.45) is 1.50. The Morgan fingerprint density at radius 3 is 2.39 bits per heavy atom. The summed E-state index contributed by atoms with van der Waals surface area (Å²) in [5.41, 5.74) is 0.522. The van der Waals surface area contributed by atoms with Gasteiger partial charge in [0, 0.05) is 36.5 Å². The Morgan fingerprint density at radius 1 is 1.00 bits per heavy atom. The molecule has 14 heteroatoms. The molecule has 1 fully saturated rings. The molecule has 5 rings (SSSR count). The lowest BCUT2D eigenvalue weighted by atomic mass is 10.0. The van der Waals surface area contributed by atoms with Crippen molar-refractivity contribution in [2.24, 2.45) is 0 Å². The van der Waals surface area contributed by atoms with E-state index in [2.05, 4.69) is 5.32 Å². The summed E-state index contributed by atoms with van der Waals surface area (Å²) >= 11 is 6.13. The van der Waals surface area contributed by atoms with Crippen LogP contribution < -0.4 is 10.2 Å². The van der Waals surface area contributed by atoms with Crippen LogP contribution in [0.1, 0.15) is 19.8 Å². The number of carbonyl (C=O) groups excluding carboxylic acids is 2. The number of piperidine rings is 1. The first-order valence-electron chi connectivity index (χ1n) is 15.7. The number of rotatable bonds is 11. The zero-order valence-corrected chi connectivity index (χ0v) is 29.9. The first-order chi connectivity index (χ1) is 23.1. The number of likely N-dealkylation sites (N-methyl/N-ethyl adjacent to an activating group) is 1. The van der Waals surface area contributed by atoms with Gasteiger partial charge in [0.15, 0.2) is 9.84 Å². The summed E-state index contributed by atoms with van der Waals surface area (Å²) in [5, 5.41) is 4.57. The first kappa shape index (κ1) is 36.4. The molecule has 0 radical (unpaired) electrons. The molecule has 2 amide bonds. The number of sulfonamides is 1. The van der Waals surface area contributed by atoms with Gasteiger partial charge in [-0.3, -0.25) is 9.59 Å². The van der Waals surface area contributed by atoms with Gasteiger partial charge in [-0.2, -0.15) is 4.31 Å². The van der Waals surface area contributed by atoms with Gasteiger partial charge in [0.25, 0.3) is 0 Å². The minimum atomic E-state index is -4.47. The maximum atomic E-state index is 15.9. The number of benzene rings is 4. The maximum absolute atomic E-state index is 15.9. The average molecular weight is 729 g/mol. The third-order valence-electron chi connectivity index (χ3n) is 8.52. The van der Waals surface area contributed by atoms with Crippen molar-refractivity contribution < 1.29 is 30.8 Å². The molecule has 1 heterocycles. The molecule has 49 heavy (non-hydrogen) atoms. The number of hydrogen-bond donors (Lipinski definition) is 1. The Kier molecular flexibility index (Phi) is 10.8. The molecular weight excluding hydrogens is 691 g/mol.